The number of rotatable bonds is 4. The number of hydrogen-bond donors (Lipinski definition) is 1. The van der Waals surface area contributed by atoms with Crippen LogP contribution in [0.5, 0.6) is 0 Å². The minimum atomic E-state index is -4.17. The Kier molecular flexibility index (Phi) is 4.81. The van der Waals surface area contributed by atoms with Gasteiger partial charge in [0.1, 0.15) is 4.90 Å². The highest BCUT2D eigenvalue weighted by Crippen LogP contribution is 2.26. The van der Waals surface area contributed by atoms with Crippen LogP contribution in [0.15, 0.2) is 47.4 Å². The van der Waals surface area contributed by atoms with E-state index in [1.807, 2.05) is 13.0 Å². The Morgan fingerprint density at radius 3 is 2.52 bits per heavy atom. The van der Waals surface area contributed by atoms with E-state index in [1.54, 1.807) is 25.1 Å². The number of aryl methyl sites for hydroxylation is 1. The number of para-hydroxylation sites is 1. The molecule has 1 heterocycles. The second-order valence-corrected chi connectivity index (χ2v) is 7.38. The number of carbonyl (C=O) groups excluding carboxylic acids is 2. The average Bonchev–Trinajstić information content (AvgIpc) is 3.00. The van der Waals surface area contributed by atoms with Crippen LogP contribution in [0, 0.1) is 6.92 Å². The Balaban J connectivity index is 2.34. The van der Waals surface area contributed by atoms with Crippen molar-refractivity contribution in [1.82, 2.24) is 9.78 Å². The molecule has 1 aromatic heterocycles. The molecule has 3 aromatic rings. The average molecular weight is 387 g/mol. The van der Waals surface area contributed by atoms with Crippen LogP contribution in [0.25, 0.3) is 10.9 Å². The molecule has 3 rings (SSSR count). The largest absolute Gasteiger partial charge is 0.461 e. The highest BCUT2D eigenvalue weighted by atomic mass is 32.2. The zero-order valence-electron chi connectivity index (χ0n) is 14.7. The number of nitrogens with zero attached hydrogens (tertiary/aromatic N) is 2. The lowest BCUT2D eigenvalue weighted by Gasteiger charge is -2.06. The summed E-state index contributed by atoms with van der Waals surface area (Å²) in [6.45, 7) is 3.55. The number of benzene rings is 2. The Morgan fingerprint density at radius 1 is 1.19 bits per heavy atom. The van der Waals surface area contributed by atoms with Crippen molar-refractivity contribution in [2.45, 2.75) is 18.7 Å². The molecule has 0 bridgehead atoms. The fourth-order valence-electron chi connectivity index (χ4n) is 2.76. The summed E-state index contributed by atoms with van der Waals surface area (Å²) in [6.07, 6.45) is 0. The second kappa shape index (κ2) is 6.93. The molecule has 8 nitrogen and oxygen atoms in total. The first-order chi connectivity index (χ1) is 12.7. The first-order valence-corrected chi connectivity index (χ1v) is 9.61. The smallest absolute Gasteiger partial charge is 0.359 e. The summed E-state index contributed by atoms with van der Waals surface area (Å²) < 4.78 is 29.9. The van der Waals surface area contributed by atoms with Crippen LogP contribution >= 0.6 is 0 Å². The van der Waals surface area contributed by atoms with E-state index in [2.05, 4.69) is 5.10 Å². The number of esters is 1. The van der Waals surface area contributed by atoms with Gasteiger partial charge in [-0.3, -0.25) is 4.79 Å². The van der Waals surface area contributed by atoms with Gasteiger partial charge >= 0.3 is 5.97 Å². The van der Waals surface area contributed by atoms with E-state index in [1.165, 1.54) is 18.2 Å². The van der Waals surface area contributed by atoms with Gasteiger partial charge in [-0.05, 0) is 32.0 Å². The van der Waals surface area contributed by atoms with Gasteiger partial charge in [-0.1, -0.05) is 29.8 Å². The minimum absolute atomic E-state index is 0.0606. The zero-order chi connectivity index (χ0) is 19.8. The fraction of sp³-hybridized carbons (Fsp3) is 0.167. The van der Waals surface area contributed by atoms with Gasteiger partial charge in [0.05, 0.1) is 12.1 Å². The maximum absolute atomic E-state index is 13.0. The van der Waals surface area contributed by atoms with Crippen molar-refractivity contribution < 1.29 is 22.7 Å². The number of aromatic nitrogens is 2. The van der Waals surface area contributed by atoms with E-state index < -0.39 is 21.9 Å². The predicted molar refractivity (Wildman–Crippen MR) is 98.0 cm³/mol. The Bertz CT molecular complexity index is 1160. The topological polar surface area (TPSA) is 121 Å². The molecular formula is C18H17N3O5S. The fourth-order valence-corrected chi connectivity index (χ4v) is 3.50. The van der Waals surface area contributed by atoms with E-state index >= 15 is 0 Å². The van der Waals surface area contributed by atoms with Crippen LogP contribution in [0.1, 0.15) is 33.3 Å². The van der Waals surface area contributed by atoms with Gasteiger partial charge in [0.15, 0.2) is 5.69 Å². The molecule has 2 N–H and O–H groups in total. The van der Waals surface area contributed by atoms with Gasteiger partial charge in [0, 0.05) is 10.9 Å². The molecule has 0 aliphatic carbocycles. The summed E-state index contributed by atoms with van der Waals surface area (Å²) in [5, 5.41) is 9.53. The van der Waals surface area contributed by atoms with E-state index in [9.17, 15) is 18.0 Å². The van der Waals surface area contributed by atoms with Crippen molar-refractivity contribution in [2.75, 3.05) is 6.61 Å². The third-order valence-corrected chi connectivity index (χ3v) is 4.84. The van der Waals surface area contributed by atoms with Gasteiger partial charge in [-0.25, -0.2) is 18.4 Å². The first kappa shape index (κ1) is 18.7. The summed E-state index contributed by atoms with van der Waals surface area (Å²) in [4.78, 5) is 25.0. The standard InChI is InChI=1S/C18H17N3O5S/c1-3-26-18(23)15-13-8-5-9-14(27(19,24)25)16(13)21(20-15)17(22)12-7-4-6-11(2)10-12/h4-10H,3H2,1-2H3,(H2,19,24,25). The number of nitrogens with two attached hydrogens (primary N) is 1. The maximum Gasteiger partial charge on any atom is 0.359 e. The van der Waals surface area contributed by atoms with Crippen molar-refractivity contribution in [3.63, 3.8) is 0 Å². The van der Waals surface area contributed by atoms with E-state index in [4.69, 9.17) is 9.88 Å². The molecule has 0 radical (unpaired) electrons. The SMILES string of the molecule is CCOC(=O)c1nn(C(=O)c2cccc(C)c2)c2c(S(N)(=O)=O)cccc12. The van der Waals surface area contributed by atoms with E-state index in [0.29, 0.717) is 5.56 Å². The van der Waals surface area contributed by atoms with E-state index in [-0.39, 0.29) is 28.1 Å². The monoisotopic (exact) mass is 387 g/mol. The van der Waals surface area contributed by atoms with Crippen molar-refractivity contribution in [3.05, 3.63) is 59.3 Å². The molecule has 27 heavy (non-hydrogen) atoms. The van der Waals surface area contributed by atoms with E-state index in [0.717, 1.165) is 10.2 Å². The lowest BCUT2D eigenvalue weighted by Crippen LogP contribution is -2.18. The summed E-state index contributed by atoms with van der Waals surface area (Å²) in [6, 6.07) is 10.9. The minimum Gasteiger partial charge on any atom is -0.461 e. The van der Waals surface area contributed by atoms with Gasteiger partial charge in [-0.2, -0.15) is 9.78 Å². The Labute approximate surface area is 155 Å². The molecule has 0 saturated heterocycles. The van der Waals surface area contributed by atoms with Crippen LogP contribution in [-0.2, 0) is 14.8 Å². The maximum atomic E-state index is 13.0. The predicted octanol–water partition coefficient (Wildman–Crippen LogP) is 1.86. The highest BCUT2D eigenvalue weighted by Gasteiger charge is 2.27. The number of primary sulfonamides is 1. The molecule has 2 aromatic carbocycles. The van der Waals surface area contributed by atoms with Crippen LogP contribution < -0.4 is 5.14 Å². The van der Waals surface area contributed by atoms with Crippen LogP contribution in [0.3, 0.4) is 0 Å². The van der Waals surface area contributed by atoms with Crippen LogP contribution in [0.2, 0.25) is 0 Å². The first-order valence-electron chi connectivity index (χ1n) is 8.07. The molecule has 0 aliphatic heterocycles. The lowest BCUT2D eigenvalue weighted by atomic mass is 10.1. The molecule has 0 amide bonds. The van der Waals surface area contributed by atoms with Crippen molar-refractivity contribution in [2.24, 2.45) is 5.14 Å². The zero-order valence-corrected chi connectivity index (χ0v) is 15.5. The molecule has 0 saturated carbocycles. The van der Waals surface area contributed by atoms with Gasteiger partial charge in [0.2, 0.25) is 10.0 Å². The summed E-state index contributed by atoms with van der Waals surface area (Å²) in [5.74, 6) is -1.35. The molecule has 0 spiro atoms. The van der Waals surface area contributed by atoms with Gasteiger partial charge < -0.3 is 4.74 Å². The quantitative estimate of drug-likeness (QED) is 0.682. The number of hydrogen-bond acceptors (Lipinski definition) is 6. The summed E-state index contributed by atoms with van der Waals surface area (Å²) in [7, 11) is -4.17. The Hall–Kier alpha value is -3.04. The molecule has 9 heteroatoms. The number of fused-ring (bicyclic) bond motifs is 1. The Morgan fingerprint density at radius 2 is 1.89 bits per heavy atom. The molecule has 0 aliphatic rings. The molecular weight excluding hydrogens is 370 g/mol. The third kappa shape index (κ3) is 3.46. The molecule has 0 atom stereocenters. The normalized spacial score (nSPS) is 11.5. The summed E-state index contributed by atoms with van der Waals surface area (Å²) in [5.41, 5.74) is 0.918. The van der Waals surface area contributed by atoms with Crippen molar-refractivity contribution in [3.8, 4) is 0 Å². The van der Waals surface area contributed by atoms with Crippen molar-refractivity contribution in [1.29, 1.82) is 0 Å². The lowest BCUT2D eigenvalue weighted by molar-refractivity contribution is 0.0521. The molecule has 0 unspecified atom stereocenters. The van der Waals surface area contributed by atoms with Gasteiger partial charge in [-0.15, -0.1) is 0 Å². The number of ether oxygens (including phenoxy) is 1. The second-order valence-electron chi connectivity index (χ2n) is 5.85. The highest BCUT2D eigenvalue weighted by molar-refractivity contribution is 7.89. The third-order valence-electron chi connectivity index (χ3n) is 3.90. The summed E-state index contributed by atoms with van der Waals surface area (Å²) >= 11 is 0. The number of carbonyl (C=O) groups is 2. The van der Waals surface area contributed by atoms with Crippen LogP contribution in [-0.4, -0.2) is 36.7 Å². The molecule has 0 fully saturated rings. The van der Waals surface area contributed by atoms with Gasteiger partial charge in [0.25, 0.3) is 5.91 Å². The molecule has 140 valence electrons. The van der Waals surface area contributed by atoms with Crippen molar-refractivity contribution >= 4 is 32.8 Å². The van der Waals surface area contributed by atoms with Crippen LogP contribution in [0.4, 0.5) is 0 Å². The number of sulfonamides is 1.